The second kappa shape index (κ2) is 8.04. The molecular formula is C13H29N3. The first-order valence-corrected chi connectivity index (χ1v) is 6.85. The van der Waals surface area contributed by atoms with Crippen molar-refractivity contribution in [3.05, 3.63) is 0 Å². The Labute approximate surface area is 101 Å². The molecule has 0 saturated carbocycles. The predicted octanol–water partition coefficient (Wildman–Crippen LogP) is 1.31. The van der Waals surface area contributed by atoms with Crippen LogP contribution in [-0.4, -0.2) is 50.2 Å². The van der Waals surface area contributed by atoms with Crippen molar-refractivity contribution in [1.29, 1.82) is 0 Å². The van der Waals surface area contributed by atoms with Crippen LogP contribution in [-0.2, 0) is 0 Å². The summed E-state index contributed by atoms with van der Waals surface area (Å²) in [5.74, 6) is 0.831. The summed E-state index contributed by atoms with van der Waals surface area (Å²) in [6.45, 7) is 14.0. The molecule has 0 radical (unpaired) electrons. The van der Waals surface area contributed by atoms with E-state index < -0.39 is 0 Å². The molecule has 1 saturated heterocycles. The van der Waals surface area contributed by atoms with Gasteiger partial charge in [0.1, 0.15) is 0 Å². The van der Waals surface area contributed by atoms with E-state index in [4.69, 9.17) is 0 Å². The first-order chi connectivity index (χ1) is 7.68. The zero-order chi connectivity index (χ0) is 11.8. The van der Waals surface area contributed by atoms with Gasteiger partial charge in [-0.3, -0.25) is 4.90 Å². The summed E-state index contributed by atoms with van der Waals surface area (Å²) in [6.07, 6.45) is 2.64. The molecule has 0 spiro atoms. The second-order valence-electron chi connectivity index (χ2n) is 5.42. The summed E-state index contributed by atoms with van der Waals surface area (Å²) in [7, 11) is 0. The Morgan fingerprint density at radius 2 is 1.81 bits per heavy atom. The highest BCUT2D eigenvalue weighted by Crippen LogP contribution is 2.06. The third-order valence-electron chi connectivity index (χ3n) is 3.31. The average Bonchev–Trinajstić information content (AvgIpc) is 2.28. The van der Waals surface area contributed by atoms with Crippen molar-refractivity contribution in [2.24, 2.45) is 5.92 Å². The molecule has 0 aromatic rings. The Hall–Kier alpha value is -0.120. The molecule has 1 rings (SSSR count). The van der Waals surface area contributed by atoms with Crippen LogP contribution in [0.1, 0.15) is 33.6 Å². The van der Waals surface area contributed by atoms with Crippen molar-refractivity contribution in [3.63, 3.8) is 0 Å². The first kappa shape index (κ1) is 13.9. The fourth-order valence-electron chi connectivity index (χ4n) is 2.09. The third kappa shape index (κ3) is 6.46. The molecule has 3 nitrogen and oxygen atoms in total. The van der Waals surface area contributed by atoms with Crippen molar-refractivity contribution in [3.8, 4) is 0 Å². The van der Waals surface area contributed by atoms with E-state index in [1.807, 2.05) is 0 Å². The predicted molar refractivity (Wildman–Crippen MR) is 70.8 cm³/mol. The van der Waals surface area contributed by atoms with Crippen molar-refractivity contribution >= 4 is 0 Å². The lowest BCUT2D eigenvalue weighted by molar-refractivity contribution is 0.237. The minimum absolute atomic E-state index is 0.672. The van der Waals surface area contributed by atoms with Crippen LogP contribution < -0.4 is 10.6 Å². The van der Waals surface area contributed by atoms with Crippen LogP contribution >= 0.6 is 0 Å². The molecule has 0 aromatic heterocycles. The van der Waals surface area contributed by atoms with Crippen molar-refractivity contribution in [2.45, 2.75) is 39.7 Å². The van der Waals surface area contributed by atoms with Gasteiger partial charge >= 0.3 is 0 Å². The number of hydrogen-bond donors (Lipinski definition) is 2. The minimum atomic E-state index is 0.672. The average molecular weight is 227 g/mol. The lowest BCUT2D eigenvalue weighted by atomic mass is 10.0. The molecule has 0 amide bonds. The molecule has 1 aliphatic heterocycles. The van der Waals surface area contributed by atoms with Gasteiger partial charge in [-0.1, -0.05) is 13.8 Å². The fourth-order valence-corrected chi connectivity index (χ4v) is 2.09. The second-order valence-corrected chi connectivity index (χ2v) is 5.42. The van der Waals surface area contributed by atoms with Gasteiger partial charge in [0, 0.05) is 45.3 Å². The fraction of sp³-hybridized carbons (Fsp3) is 1.00. The standard InChI is InChI=1S/C13H29N3/c1-12(2)4-5-13(3)15-8-11-16-9-6-14-7-10-16/h12-15H,4-11H2,1-3H3. The van der Waals surface area contributed by atoms with Gasteiger partial charge in [-0.2, -0.15) is 0 Å². The van der Waals surface area contributed by atoms with Gasteiger partial charge in [-0.05, 0) is 25.7 Å². The van der Waals surface area contributed by atoms with E-state index >= 15 is 0 Å². The van der Waals surface area contributed by atoms with Crippen LogP contribution in [0.15, 0.2) is 0 Å². The summed E-state index contributed by atoms with van der Waals surface area (Å²) in [6, 6.07) is 0.672. The van der Waals surface area contributed by atoms with Crippen molar-refractivity contribution < 1.29 is 0 Å². The molecule has 1 atom stereocenters. The molecular weight excluding hydrogens is 198 g/mol. The first-order valence-electron chi connectivity index (χ1n) is 6.85. The molecule has 16 heavy (non-hydrogen) atoms. The highest BCUT2D eigenvalue weighted by Gasteiger charge is 2.09. The Bertz CT molecular complexity index is 165. The molecule has 0 bridgehead atoms. The van der Waals surface area contributed by atoms with Crippen molar-refractivity contribution in [1.82, 2.24) is 15.5 Å². The lowest BCUT2D eigenvalue weighted by Gasteiger charge is -2.27. The van der Waals surface area contributed by atoms with Gasteiger partial charge in [-0.15, -0.1) is 0 Å². The SMILES string of the molecule is CC(C)CCC(C)NCCN1CCNCC1. The third-order valence-corrected chi connectivity index (χ3v) is 3.31. The van der Waals surface area contributed by atoms with Crippen LogP contribution in [0.4, 0.5) is 0 Å². The summed E-state index contributed by atoms with van der Waals surface area (Å²) in [5, 5.41) is 7.01. The molecule has 96 valence electrons. The van der Waals surface area contributed by atoms with Gasteiger partial charge in [-0.25, -0.2) is 0 Å². The van der Waals surface area contributed by atoms with E-state index in [-0.39, 0.29) is 0 Å². The number of piperazine rings is 1. The van der Waals surface area contributed by atoms with Crippen LogP contribution in [0.2, 0.25) is 0 Å². The van der Waals surface area contributed by atoms with E-state index in [2.05, 4.69) is 36.3 Å². The number of rotatable bonds is 7. The van der Waals surface area contributed by atoms with Crippen LogP contribution in [0.5, 0.6) is 0 Å². The zero-order valence-electron chi connectivity index (χ0n) is 11.3. The van der Waals surface area contributed by atoms with E-state index in [9.17, 15) is 0 Å². The summed E-state index contributed by atoms with van der Waals surface area (Å²) in [5.41, 5.74) is 0. The van der Waals surface area contributed by atoms with Crippen LogP contribution in [0.25, 0.3) is 0 Å². The molecule has 0 aromatic carbocycles. The molecule has 0 aliphatic carbocycles. The number of nitrogens with one attached hydrogen (secondary N) is 2. The molecule has 1 unspecified atom stereocenters. The quantitative estimate of drug-likeness (QED) is 0.686. The highest BCUT2D eigenvalue weighted by molar-refractivity contribution is 4.69. The van der Waals surface area contributed by atoms with Gasteiger partial charge in [0.15, 0.2) is 0 Å². The normalized spacial score (nSPS) is 20.2. The molecule has 3 heteroatoms. The topological polar surface area (TPSA) is 27.3 Å². The van der Waals surface area contributed by atoms with Crippen LogP contribution in [0, 0.1) is 5.92 Å². The molecule has 1 fully saturated rings. The zero-order valence-corrected chi connectivity index (χ0v) is 11.3. The Balaban J connectivity index is 1.96. The molecule has 1 aliphatic rings. The van der Waals surface area contributed by atoms with Gasteiger partial charge < -0.3 is 10.6 Å². The minimum Gasteiger partial charge on any atom is -0.314 e. The smallest absolute Gasteiger partial charge is 0.0108 e. The highest BCUT2D eigenvalue weighted by atomic mass is 15.2. The van der Waals surface area contributed by atoms with Crippen LogP contribution in [0.3, 0.4) is 0 Å². The number of hydrogen-bond acceptors (Lipinski definition) is 3. The molecule has 2 N–H and O–H groups in total. The maximum Gasteiger partial charge on any atom is 0.0108 e. The Kier molecular flexibility index (Phi) is 7.01. The van der Waals surface area contributed by atoms with Gasteiger partial charge in [0.2, 0.25) is 0 Å². The van der Waals surface area contributed by atoms with Gasteiger partial charge in [0.25, 0.3) is 0 Å². The van der Waals surface area contributed by atoms with Gasteiger partial charge in [0.05, 0.1) is 0 Å². The largest absolute Gasteiger partial charge is 0.314 e. The monoisotopic (exact) mass is 227 g/mol. The van der Waals surface area contributed by atoms with E-state index in [1.165, 1.54) is 32.5 Å². The summed E-state index contributed by atoms with van der Waals surface area (Å²) >= 11 is 0. The van der Waals surface area contributed by atoms with E-state index in [0.29, 0.717) is 6.04 Å². The number of nitrogens with zero attached hydrogens (tertiary/aromatic N) is 1. The Morgan fingerprint density at radius 1 is 1.12 bits per heavy atom. The van der Waals surface area contributed by atoms with E-state index in [0.717, 1.165) is 25.6 Å². The lowest BCUT2D eigenvalue weighted by Crippen LogP contribution is -2.46. The summed E-state index contributed by atoms with van der Waals surface area (Å²) < 4.78 is 0. The van der Waals surface area contributed by atoms with Crippen molar-refractivity contribution in [2.75, 3.05) is 39.3 Å². The maximum absolute atomic E-state index is 3.62. The van der Waals surface area contributed by atoms with E-state index in [1.54, 1.807) is 0 Å². The molecule has 1 heterocycles. The maximum atomic E-state index is 3.62. The Morgan fingerprint density at radius 3 is 2.44 bits per heavy atom. The summed E-state index contributed by atoms with van der Waals surface area (Å²) in [4.78, 5) is 2.54.